The van der Waals surface area contributed by atoms with E-state index in [4.69, 9.17) is 4.74 Å². The van der Waals surface area contributed by atoms with Crippen molar-refractivity contribution in [3.63, 3.8) is 0 Å². The zero-order valence-corrected chi connectivity index (χ0v) is 12.3. The van der Waals surface area contributed by atoms with Gasteiger partial charge in [0.05, 0.1) is 19.3 Å². The number of aromatic nitrogens is 1. The van der Waals surface area contributed by atoms with Gasteiger partial charge in [-0.1, -0.05) is 18.2 Å². The molecular formula is C16H22N2O2. The van der Waals surface area contributed by atoms with E-state index < -0.39 is 0 Å². The molecule has 4 nitrogen and oxygen atoms in total. The molecule has 2 aromatic rings. The van der Waals surface area contributed by atoms with Crippen molar-refractivity contribution in [3.05, 3.63) is 36.0 Å². The Labute approximate surface area is 119 Å². The van der Waals surface area contributed by atoms with Crippen molar-refractivity contribution in [1.82, 2.24) is 9.88 Å². The predicted octanol–water partition coefficient (Wildman–Crippen LogP) is 2.71. The Morgan fingerprint density at radius 2 is 2.10 bits per heavy atom. The second-order valence-corrected chi connectivity index (χ2v) is 5.33. The van der Waals surface area contributed by atoms with E-state index in [-0.39, 0.29) is 11.9 Å². The topological polar surface area (TPSA) is 45.3 Å². The molecule has 4 heteroatoms. The molecular weight excluding hydrogens is 252 g/mol. The fraction of sp³-hybridized carbons (Fsp3) is 0.438. The van der Waals surface area contributed by atoms with Crippen LogP contribution in [0.2, 0.25) is 0 Å². The Hall–Kier alpha value is -1.65. The standard InChI is InChI=1S/C16H22N2O2/c1-12(2)20-9-8-18(3)11-16(19)14-10-17-15-7-5-4-6-13(14)15/h4-7,10,12,17H,8-9,11H2,1-3H3. The molecule has 1 aromatic carbocycles. The highest BCUT2D eigenvalue weighted by Crippen LogP contribution is 2.18. The van der Waals surface area contributed by atoms with E-state index in [2.05, 4.69) is 4.98 Å². The Morgan fingerprint density at radius 3 is 2.85 bits per heavy atom. The average molecular weight is 274 g/mol. The van der Waals surface area contributed by atoms with Gasteiger partial charge in [0.2, 0.25) is 0 Å². The lowest BCUT2D eigenvalue weighted by atomic mass is 10.1. The van der Waals surface area contributed by atoms with Gasteiger partial charge in [-0.3, -0.25) is 9.69 Å². The van der Waals surface area contributed by atoms with Gasteiger partial charge in [0.25, 0.3) is 0 Å². The van der Waals surface area contributed by atoms with Gasteiger partial charge in [0.1, 0.15) is 0 Å². The molecule has 0 saturated heterocycles. The van der Waals surface area contributed by atoms with E-state index in [0.29, 0.717) is 13.2 Å². The van der Waals surface area contributed by atoms with Crippen LogP contribution >= 0.6 is 0 Å². The summed E-state index contributed by atoms with van der Waals surface area (Å²) in [5.74, 6) is 0.134. The number of ketones is 1. The molecule has 1 heterocycles. The number of hydrogen-bond acceptors (Lipinski definition) is 3. The minimum absolute atomic E-state index is 0.134. The molecule has 20 heavy (non-hydrogen) atoms. The monoisotopic (exact) mass is 274 g/mol. The third-order valence-electron chi connectivity index (χ3n) is 3.23. The SMILES string of the molecule is CC(C)OCCN(C)CC(=O)c1c[nH]c2ccccc12. The molecule has 0 bridgehead atoms. The maximum atomic E-state index is 12.3. The van der Waals surface area contributed by atoms with Gasteiger partial charge in [-0.15, -0.1) is 0 Å². The molecule has 0 unspecified atom stereocenters. The van der Waals surface area contributed by atoms with Gasteiger partial charge in [-0.05, 0) is 27.0 Å². The Kier molecular flexibility index (Phi) is 4.93. The van der Waals surface area contributed by atoms with Crippen molar-refractivity contribution >= 4 is 16.7 Å². The second-order valence-electron chi connectivity index (χ2n) is 5.33. The maximum Gasteiger partial charge on any atom is 0.178 e. The first-order chi connectivity index (χ1) is 9.58. The highest BCUT2D eigenvalue weighted by molar-refractivity contribution is 6.08. The minimum Gasteiger partial charge on any atom is -0.377 e. The van der Waals surface area contributed by atoms with Crippen LogP contribution in [0, 0.1) is 0 Å². The average Bonchev–Trinajstić information content (AvgIpc) is 2.82. The fourth-order valence-electron chi connectivity index (χ4n) is 2.16. The highest BCUT2D eigenvalue weighted by atomic mass is 16.5. The zero-order chi connectivity index (χ0) is 14.5. The quantitative estimate of drug-likeness (QED) is 0.790. The number of aromatic amines is 1. The van der Waals surface area contributed by atoms with Gasteiger partial charge >= 0.3 is 0 Å². The number of hydrogen-bond donors (Lipinski definition) is 1. The molecule has 0 amide bonds. The van der Waals surface area contributed by atoms with Crippen LogP contribution in [-0.2, 0) is 4.74 Å². The molecule has 0 aliphatic carbocycles. The van der Waals surface area contributed by atoms with Crippen LogP contribution in [0.5, 0.6) is 0 Å². The van der Waals surface area contributed by atoms with Crippen LogP contribution in [0.4, 0.5) is 0 Å². The molecule has 0 atom stereocenters. The van der Waals surface area contributed by atoms with Crippen molar-refractivity contribution in [2.45, 2.75) is 20.0 Å². The molecule has 1 N–H and O–H groups in total. The summed E-state index contributed by atoms with van der Waals surface area (Å²) in [5, 5.41) is 0.990. The van der Waals surface area contributed by atoms with Crippen molar-refractivity contribution in [1.29, 1.82) is 0 Å². The summed E-state index contributed by atoms with van der Waals surface area (Å²) >= 11 is 0. The number of ether oxygens (including phenoxy) is 1. The summed E-state index contributed by atoms with van der Waals surface area (Å²) in [6, 6.07) is 7.86. The zero-order valence-electron chi connectivity index (χ0n) is 12.3. The Balaban J connectivity index is 1.94. The normalized spacial score (nSPS) is 11.7. The van der Waals surface area contributed by atoms with E-state index in [9.17, 15) is 4.79 Å². The first-order valence-corrected chi connectivity index (χ1v) is 6.97. The predicted molar refractivity (Wildman–Crippen MR) is 81.2 cm³/mol. The number of nitrogens with zero attached hydrogens (tertiary/aromatic N) is 1. The molecule has 0 spiro atoms. The fourth-order valence-corrected chi connectivity index (χ4v) is 2.16. The van der Waals surface area contributed by atoms with Gasteiger partial charge in [-0.25, -0.2) is 0 Å². The molecule has 0 aliphatic rings. The van der Waals surface area contributed by atoms with Crippen molar-refractivity contribution in [3.8, 4) is 0 Å². The first kappa shape index (κ1) is 14.8. The van der Waals surface area contributed by atoms with Crippen LogP contribution in [-0.4, -0.2) is 48.5 Å². The smallest absolute Gasteiger partial charge is 0.178 e. The van der Waals surface area contributed by atoms with Gasteiger partial charge < -0.3 is 9.72 Å². The number of Topliss-reactive ketones (excluding diaryl/α,β-unsaturated/α-hetero) is 1. The molecule has 0 saturated carbocycles. The number of carbonyl (C=O) groups is 1. The number of fused-ring (bicyclic) bond motifs is 1. The van der Waals surface area contributed by atoms with Crippen LogP contribution in [0.3, 0.4) is 0 Å². The van der Waals surface area contributed by atoms with E-state index in [1.165, 1.54) is 0 Å². The Bertz CT molecular complexity index is 575. The third kappa shape index (κ3) is 3.68. The number of likely N-dealkylation sites (N-methyl/N-ethyl adjacent to an activating group) is 1. The molecule has 0 aliphatic heterocycles. The lowest BCUT2D eigenvalue weighted by Crippen LogP contribution is -2.29. The van der Waals surface area contributed by atoms with E-state index in [0.717, 1.165) is 23.0 Å². The number of H-pyrrole nitrogens is 1. The number of carbonyl (C=O) groups excluding carboxylic acids is 1. The van der Waals surface area contributed by atoms with E-state index in [1.54, 1.807) is 6.20 Å². The summed E-state index contributed by atoms with van der Waals surface area (Å²) in [6.45, 7) is 5.83. The lowest BCUT2D eigenvalue weighted by molar-refractivity contribution is 0.0620. The largest absolute Gasteiger partial charge is 0.377 e. The van der Waals surface area contributed by atoms with E-state index >= 15 is 0 Å². The van der Waals surface area contributed by atoms with E-state index in [1.807, 2.05) is 50.1 Å². The highest BCUT2D eigenvalue weighted by Gasteiger charge is 2.13. The summed E-state index contributed by atoms with van der Waals surface area (Å²) in [5.41, 5.74) is 1.76. The number of nitrogens with one attached hydrogen (secondary N) is 1. The molecule has 0 radical (unpaired) electrons. The molecule has 0 fully saturated rings. The minimum atomic E-state index is 0.134. The van der Waals surface area contributed by atoms with Crippen LogP contribution in [0.1, 0.15) is 24.2 Å². The second kappa shape index (κ2) is 6.68. The number of benzene rings is 1. The lowest BCUT2D eigenvalue weighted by Gasteiger charge is -2.16. The number of rotatable bonds is 7. The molecule has 108 valence electrons. The van der Waals surface area contributed by atoms with Crippen LogP contribution in [0.25, 0.3) is 10.9 Å². The van der Waals surface area contributed by atoms with Crippen LogP contribution < -0.4 is 0 Å². The molecule has 1 aromatic heterocycles. The van der Waals surface area contributed by atoms with Gasteiger partial charge in [0, 0.05) is 29.2 Å². The van der Waals surface area contributed by atoms with Gasteiger partial charge in [0.15, 0.2) is 5.78 Å². The summed E-state index contributed by atoms with van der Waals surface area (Å²) in [4.78, 5) is 17.5. The third-order valence-corrected chi connectivity index (χ3v) is 3.23. The summed E-state index contributed by atoms with van der Waals surface area (Å²) in [7, 11) is 1.94. The maximum absolute atomic E-state index is 12.3. The Morgan fingerprint density at radius 1 is 1.35 bits per heavy atom. The molecule has 2 rings (SSSR count). The van der Waals surface area contributed by atoms with Crippen LogP contribution in [0.15, 0.2) is 30.5 Å². The van der Waals surface area contributed by atoms with Crippen molar-refractivity contribution in [2.24, 2.45) is 0 Å². The summed E-state index contributed by atoms with van der Waals surface area (Å²) in [6.07, 6.45) is 2.03. The number of para-hydroxylation sites is 1. The summed E-state index contributed by atoms with van der Waals surface area (Å²) < 4.78 is 5.50. The van der Waals surface area contributed by atoms with Crippen molar-refractivity contribution < 1.29 is 9.53 Å². The van der Waals surface area contributed by atoms with Crippen molar-refractivity contribution in [2.75, 3.05) is 26.7 Å². The first-order valence-electron chi connectivity index (χ1n) is 6.97. The van der Waals surface area contributed by atoms with Gasteiger partial charge in [-0.2, -0.15) is 0 Å².